The van der Waals surface area contributed by atoms with E-state index in [4.69, 9.17) is 0 Å². The molecule has 2 atom stereocenters. The number of nitrogens with zero attached hydrogens (tertiary/aromatic N) is 2. The molecular weight excluding hydrogens is 304 g/mol. The zero-order valence-corrected chi connectivity index (χ0v) is 16.3. The third-order valence-corrected chi connectivity index (χ3v) is 6.75. The van der Waals surface area contributed by atoms with Crippen LogP contribution in [0.1, 0.15) is 63.0 Å². The summed E-state index contributed by atoms with van der Waals surface area (Å²) in [5.74, 6) is 3.54. The standard InChI is InChI=1S/C23H36N2/c1-18-11-19(2)15-25(14-18)17-21-12-23(13-21)22-7-5-20(6-8-22)16-24-9-3-4-10-24/h5-8,18-19,21,23H,3-4,9-17H2,1-2H3/t18-,19-,21?,23?/m1/s1. The molecular formula is C23H36N2. The van der Waals surface area contributed by atoms with E-state index in [0.717, 1.165) is 30.2 Å². The maximum absolute atomic E-state index is 2.75. The van der Waals surface area contributed by atoms with Crippen LogP contribution in [0.5, 0.6) is 0 Å². The van der Waals surface area contributed by atoms with Gasteiger partial charge in [0.1, 0.15) is 0 Å². The van der Waals surface area contributed by atoms with Gasteiger partial charge in [-0.25, -0.2) is 0 Å². The van der Waals surface area contributed by atoms with Gasteiger partial charge in [-0.1, -0.05) is 38.1 Å². The van der Waals surface area contributed by atoms with Crippen molar-refractivity contribution in [3.63, 3.8) is 0 Å². The predicted molar refractivity (Wildman–Crippen MR) is 106 cm³/mol. The lowest BCUT2D eigenvalue weighted by atomic mass is 9.71. The Labute approximate surface area is 154 Å². The van der Waals surface area contributed by atoms with Crippen molar-refractivity contribution in [3.8, 4) is 0 Å². The van der Waals surface area contributed by atoms with Crippen LogP contribution in [0.3, 0.4) is 0 Å². The van der Waals surface area contributed by atoms with Gasteiger partial charge in [-0.15, -0.1) is 0 Å². The van der Waals surface area contributed by atoms with Crippen molar-refractivity contribution in [3.05, 3.63) is 35.4 Å². The molecule has 3 fully saturated rings. The summed E-state index contributed by atoms with van der Waals surface area (Å²) in [4.78, 5) is 5.34. The number of benzene rings is 1. The molecule has 2 saturated heterocycles. The highest BCUT2D eigenvalue weighted by Gasteiger charge is 2.33. The van der Waals surface area contributed by atoms with Gasteiger partial charge in [-0.2, -0.15) is 0 Å². The van der Waals surface area contributed by atoms with Crippen molar-refractivity contribution >= 4 is 0 Å². The molecule has 1 aliphatic carbocycles. The number of hydrogen-bond acceptors (Lipinski definition) is 2. The first kappa shape index (κ1) is 17.5. The van der Waals surface area contributed by atoms with E-state index in [9.17, 15) is 0 Å². The fourth-order valence-electron chi connectivity index (χ4n) is 5.56. The summed E-state index contributed by atoms with van der Waals surface area (Å²) in [7, 11) is 0. The minimum Gasteiger partial charge on any atom is -0.303 e. The summed E-state index contributed by atoms with van der Waals surface area (Å²) in [6.07, 6.45) is 7.01. The maximum Gasteiger partial charge on any atom is 0.0233 e. The van der Waals surface area contributed by atoms with Crippen molar-refractivity contribution in [2.75, 3.05) is 32.7 Å². The molecule has 0 aromatic heterocycles. The SMILES string of the molecule is C[C@@H]1C[C@@H](C)CN(CC2CC(c3ccc(CN4CCCC4)cc3)C2)C1. The normalized spacial score (nSPS) is 34.2. The largest absolute Gasteiger partial charge is 0.303 e. The van der Waals surface area contributed by atoms with Crippen molar-refractivity contribution in [1.82, 2.24) is 9.80 Å². The molecule has 0 spiro atoms. The zero-order chi connectivity index (χ0) is 17.2. The number of rotatable bonds is 5. The molecule has 2 aliphatic heterocycles. The summed E-state index contributed by atoms with van der Waals surface area (Å²) >= 11 is 0. The Morgan fingerprint density at radius 2 is 1.48 bits per heavy atom. The smallest absolute Gasteiger partial charge is 0.0233 e. The van der Waals surface area contributed by atoms with Crippen LogP contribution in [0.4, 0.5) is 0 Å². The minimum absolute atomic E-state index is 0.825. The highest BCUT2D eigenvalue weighted by Crippen LogP contribution is 2.42. The average molecular weight is 341 g/mol. The van der Waals surface area contributed by atoms with Gasteiger partial charge in [0.15, 0.2) is 0 Å². The van der Waals surface area contributed by atoms with E-state index >= 15 is 0 Å². The Hall–Kier alpha value is -0.860. The van der Waals surface area contributed by atoms with E-state index in [0.29, 0.717) is 0 Å². The summed E-state index contributed by atoms with van der Waals surface area (Å²) in [6, 6.07) is 9.60. The average Bonchev–Trinajstić information content (AvgIpc) is 3.04. The molecule has 3 aliphatic rings. The molecule has 0 amide bonds. The fourth-order valence-corrected chi connectivity index (χ4v) is 5.56. The van der Waals surface area contributed by atoms with E-state index < -0.39 is 0 Å². The van der Waals surface area contributed by atoms with Crippen LogP contribution in [0.15, 0.2) is 24.3 Å². The van der Waals surface area contributed by atoms with Crippen LogP contribution in [-0.4, -0.2) is 42.5 Å². The second-order valence-corrected chi connectivity index (χ2v) is 9.42. The second kappa shape index (κ2) is 7.80. The molecule has 4 rings (SSSR count). The number of piperidine rings is 1. The van der Waals surface area contributed by atoms with Gasteiger partial charge >= 0.3 is 0 Å². The second-order valence-electron chi connectivity index (χ2n) is 9.42. The molecule has 0 unspecified atom stereocenters. The minimum atomic E-state index is 0.825. The van der Waals surface area contributed by atoms with Crippen LogP contribution in [0.25, 0.3) is 0 Å². The van der Waals surface area contributed by atoms with Crippen LogP contribution in [-0.2, 0) is 6.54 Å². The molecule has 2 heteroatoms. The lowest BCUT2D eigenvalue weighted by Crippen LogP contribution is -2.43. The van der Waals surface area contributed by atoms with Crippen LogP contribution in [0.2, 0.25) is 0 Å². The quantitative estimate of drug-likeness (QED) is 0.763. The van der Waals surface area contributed by atoms with Gasteiger partial charge in [0.05, 0.1) is 0 Å². The summed E-state index contributed by atoms with van der Waals surface area (Å²) in [5, 5.41) is 0. The van der Waals surface area contributed by atoms with E-state index in [1.807, 2.05) is 0 Å². The summed E-state index contributed by atoms with van der Waals surface area (Å²) in [5.41, 5.74) is 3.08. The van der Waals surface area contributed by atoms with Crippen molar-refractivity contribution < 1.29 is 0 Å². The van der Waals surface area contributed by atoms with Crippen molar-refractivity contribution in [2.24, 2.45) is 17.8 Å². The van der Waals surface area contributed by atoms with Gasteiger partial charge in [-0.3, -0.25) is 4.90 Å². The maximum atomic E-state index is 2.75. The van der Waals surface area contributed by atoms with E-state index in [1.165, 1.54) is 70.4 Å². The zero-order valence-electron chi connectivity index (χ0n) is 16.3. The van der Waals surface area contributed by atoms with E-state index in [2.05, 4.69) is 47.9 Å². The first-order chi connectivity index (χ1) is 12.2. The molecule has 0 bridgehead atoms. The molecule has 1 saturated carbocycles. The van der Waals surface area contributed by atoms with Crippen molar-refractivity contribution in [1.29, 1.82) is 0 Å². The molecule has 2 nitrogen and oxygen atoms in total. The van der Waals surface area contributed by atoms with Crippen LogP contribution < -0.4 is 0 Å². The van der Waals surface area contributed by atoms with Gasteiger partial charge < -0.3 is 4.90 Å². The van der Waals surface area contributed by atoms with Gasteiger partial charge in [0.25, 0.3) is 0 Å². The first-order valence-corrected chi connectivity index (χ1v) is 10.7. The van der Waals surface area contributed by atoms with E-state index in [-0.39, 0.29) is 0 Å². The Morgan fingerprint density at radius 1 is 0.840 bits per heavy atom. The fraction of sp³-hybridized carbons (Fsp3) is 0.739. The molecule has 1 aromatic rings. The highest BCUT2D eigenvalue weighted by atomic mass is 15.1. The Bertz CT molecular complexity index is 530. The van der Waals surface area contributed by atoms with Gasteiger partial charge in [0.2, 0.25) is 0 Å². The molecule has 0 radical (unpaired) electrons. The lowest BCUT2D eigenvalue weighted by Gasteiger charge is -2.42. The highest BCUT2D eigenvalue weighted by molar-refractivity contribution is 5.27. The monoisotopic (exact) mass is 340 g/mol. The Morgan fingerprint density at radius 3 is 2.12 bits per heavy atom. The Balaban J connectivity index is 1.23. The molecule has 2 heterocycles. The third-order valence-electron chi connectivity index (χ3n) is 6.75. The summed E-state index contributed by atoms with van der Waals surface area (Å²) < 4.78 is 0. The number of hydrogen-bond donors (Lipinski definition) is 0. The third kappa shape index (κ3) is 4.46. The summed E-state index contributed by atoms with van der Waals surface area (Å²) in [6.45, 7) is 12.6. The van der Waals surface area contributed by atoms with Crippen molar-refractivity contribution in [2.45, 2.75) is 58.4 Å². The van der Waals surface area contributed by atoms with Gasteiger partial charge in [-0.05, 0) is 80.0 Å². The molecule has 25 heavy (non-hydrogen) atoms. The molecule has 1 aromatic carbocycles. The predicted octanol–water partition coefficient (Wildman–Crippen LogP) is 4.75. The van der Waals surface area contributed by atoms with Crippen LogP contribution >= 0.6 is 0 Å². The molecule has 138 valence electrons. The van der Waals surface area contributed by atoms with Gasteiger partial charge in [0, 0.05) is 26.2 Å². The topological polar surface area (TPSA) is 6.48 Å². The van der Waals surface area contributed by atoms with Crippen LogP contribution in [0, 0.1) is 17.8 Å². The van der Waals surface area contributed by atoms with E-state index in [1.54, 1.807) is 5.56 Å². The Kier molecular flexibility index (Phi) is 5.47. The number of likely N-dealkylation sites (tertiary alicyclic amines) is 2. The first-order valence-electron chi connectivity index (χ1n) is 10.7. The molecule has 0 N–H and O–H groups in total. The lowest BCUT2D eigenvalue weighted by molar-refractivity contribution is 0.0930.